The van der Waals surface area contributed by atoms with Crippen molar-refractivity contribution in [3.8, 4) is 5.75 Å². The number of carbonyl (C=O) groups is 2. The fourth-order valence-corrected chi connectivity index (χ4v) is 2.82. The molecule has 1 heterocycles. The van der Waals surface area contributed by atoms with E-state index >= 15 is 0 Å². The van der Waals surface area contributed by atoms with Crippen molar-refractivity contribution in [1.82, 2.24) is 4.90 Å². The van der Waals surface area contributed by atoms with E-state index in [1.165, 1.54) is 0 Å². The number of carbonyl (C=O) groups excluding carboxylic acids is 1. The quantitative estimate of drug-likeness (QED) is 0.915. The molecule has 0 aromatic heterocycles. The average molecular weight is 277 g/mol. The van der Waals surface area contributed by atoms with Gasteiger partial charge in [-0.15, -0.1) is 0 Å². The summed E-state index contributed by atoms with van der Waals surface area (Å²) in [5.74, 6) is -0.748. The summed E-state index contributed by atoms with van der Waals surface area (Å²) < 4.78 is 5.19. The summed E-state index contributed by atoms with van der Waals surface area (Å²) in [6.45, 7) is 2.37. The van der Waals surface area contributed by atoms with Gasteiger partial charge in [0.25, 0.3) is 0 Å². The molecule has 1 aliphatic heterocycles. The van der Waals surface area contributed by atoms with Crippen LogP contribution in [0.15, 0.2) is 24.3 Å². The van der Waals surface area contributed by atoms with Gasteiger partial charge in [-0.2, -0.15) is 0 Å². The van der Waals surface area contributed by atoms with E-state index in [1.807, 2.05) is 25.1 Å². The molecule has 1 fully saturated rings. The molecular formula is C15H19NO4. The zero-order chi connectivity index (χ0) is 14.7. The van der Waals surface area contributed by atoms with Crippen LogP contribution >= 0.6 is 0 Å². The van der Waals surface area contributed by atoms with Gasteiger partial charge in [0.1, 0.15) is 5.75 Å². The summed E-state index contributed by atoms with van der Waals surface area (Å²) >= 11 is 0. The number of amides is 1. The highest BCUT2D eigenvalue weighted by Gasteiger charge is 2.40. The number of carboxylic acid groups (broad SMARTS) is 1. The fourth-order valence-electron chi connectivity index (χ4n) is 2.82. The smallest absolute Gasteiger partial charge is 0.308 e. The van der Waals surface area contributed by atoms with Crippen LogP contribution in [0.5, 0.6) is 5.75 Å². The zero-order valence-corrected chi connectivity index (χ0v) is 11.7. The molecule has 20 heavy (non-hydrogen) atoms. The Morgan fingerprint density at radius 1 is 1.50 bits per heavy atom. The van der Waals surface area contributed by atoms with Crippen LogP contribution in [0.1, 0.15) is 31.4 Å². The molecule has 1 amide bonds. The largest absolute Gasteiger partial charge is 0.497 e. The second kappa shape index (κ2) is 5.94. The lowest BCUT2D eigenvalue weighted by Crippen LogP contribution is -2.45. The van der Waals surface area contributed by atoms with E-state index in [0.717, 1.165) is 5.56 Å². The predicted molar refractivity (Wildman–Crippen MR) is 73.5 cm³/mol. The zero-order valence-electron chi connectivity index (χ0n) is 11.7. The number of carboxylic acids is 1. The van der Waals surface area contributed by atoms with Gasteiger partial charge in [-0.25, -0.2) is 0 Å². The van der Waals surface area contributed by atoms with Gasteiger partial charge >= 0.3 is 5.97 Å². The van der Waals surface area contributed by atoms with Crippen molar-refractivity contribution in [3.63, 3.8) is 0 Å². The van der Waals surface area contributed by atoms with E-state index < -0.39 is 17.9 Å². The molecule has 0 unspecified atom stereocenters. The molecule has 2 atom stereocenters. The summed E-state index contributed by atoms with van der Waals surface area (Å²) in [4.78, 5) is 25.2. The van der Waals surface area contributed by atoms with Crippen molar-refractivity contribution in [2.75, 3.05) is 13.7 Å². The molecule has 108 valence electrons. The van der Waals surface area contributed by atoms with E-state index in [0.29, 0.717) is 25.1 Å². The lowest BCUT2D eigenvalue weighted by molar-refractivity contribution is -0.151. The number of piperidine rings is 1. The fraction of sp³-hybridized carbons (Fsp3) is 0.467. The van der Waals surface area contributed by atoms with Gasteiger partial charge in [0.2, 0.25) is 5.91 Å². The van der Waals surface area contributed by atoms with E-state index in [-0.39, 0.29) is 5.91 Å². The Hall–Kier alpha value is -2.04. The van der Waals surface area contributed by atoms with E-state index in [4.69, 9.17) is 4.74 Å². The van der Waals surface area contributed by atoms with Crippen LogP contribution in [0.4, 0.5) is 0 Å². The maximum absolute atomic E-state index is 12.0. The van der Waals surface area contributed by atoms with Crippen molar-refractivity contribution >= 4 is 11.9 Å². The van der Waals surface area contributed by atoms with Gasteiger partial charge in [0.05, 0.1) is 19.1 Å². The lowest BCUT2D eigenvalue weighted by atomic mass is 9.84. The minimum atomic E-state index is -0.858. The molecule has 0 bridgehead atoms. The summed E-state index contributed by atoms with van der Waals surface area (Å²) in [5.41, 5.74) is 0.812. The molecule has 0 saturated carbocycles. The lowest BCUT2D eigenvalue weighted by Gasteiger charge is -2.39. The van der Waals surface area contributed by atoms with E-state index in [2.05, 4.69) is 0 Å². The van der Waals surface area contributed by atoms with Gasteiger partial charge in [-0.3, -0.25) is 9.59 Å². The maximum atomic E-state index is 12.0. The van der Waals surface area contributed by atoms with Crippen molar-refractivity contribution in [1.29, 1.82) is 0 Å². The molecule has 1 saturated heterocycles. The Labute approximate surface area is 118 Å². The van der Waals surface area contributed by atoms with Gasteiger partial charge in [-0.05, 0) is 31.0 Å². The van der Waals surface area contributed by atoms with Crippen molar-refractivity contribution in [2.45, 2.75) is 25.8 Å². The number of nitrogens with zero attached hydrogens (tertiary/aromatic N) is 1. The average Bonchev–Trinajstić information content (AvgIpc) is 2.46. The van der Waals surface area contributed by atoms with Crippen LogP contribution < -0.4 is 4.74 Å². The number of hydrogen-bond acceptors (Lipinski definition) is 3. The van der Waals surface area contributed by atoms with E-state index in [1.54, 1.807) is 18.1 Å². The molecular weight excluding hydrogens is 258 g/mol. The van der Waals surface area contributed by atoms with Crippen molar-refractivity contribution in [2.24, 2.45) is 5.92 Å². The Bertz CT molecular complexity index is 512. The molecule has 5 heteroatoms. The Morgan fingerprint density at radius 2 is 2.25 bits per heavy atom. The van der Waals surface area contributed by atoms with Gasteiger partial charge in [-0.1, -0.05) is 12.1 Å². The third-order valence-electron chi connectivity index (χ3n) is 3.80. The molecule has 1 aliphatic rings. The second-order valence-electron chi connectivity index (χ2n) is 4.88. The highest BCUT2D eigenvalue weighted by Crippen LogP contribution is 2.37. The third-order valence-corrected chi connectivity index (χ3v) is 3.80. The maximum Gasteiger partial charge on any atom is 0.308 e. The highest BCUT2D eigenvalue weighted by atomic mass is 16.5. The summed E-state index contributed by atoms with van der Waals surface area (Å²) in [5, 5.41) is 9.43. The van der Waals surface area contributed by atoms with Crippen LogP contribution in [-0.4, -0.2) is 35.5 Å². The number of aliphatic carboxylic acids is 1. The standard InChI is InChI=1S/C15H19NO4/c1-3-16-13(17)8-7-12(15(18)19)14(16)10-5-4-6-11(9-10)20-2/h4-6,9,12,14H,3,7-8H2,1-2H3,(H,18,19)/t12-,14+/m1/s1. The normalized spacial score (nSPS) is 22.7. The Balaban J connectivity index is 2.43. The van der Waals surface area contributed by atoms with Gasteiger partial charge in [0.15, 0.2) is 0 Å². The van der Waals surface area contributed by atoms with Crippen LogP contribution in [0.2, 0.25) is 0 Å². The number of methoxy groups -OCH3 is 1. The topological polar surface area (TPSA) is 66.8 Å². The first-order chi connectivity index (χ1) is 9.58. The van der Waals surface area contributed by atoms with Crippen molar-refractivity contribution in [3.05, 3.63) is 29.8 Å². The Kier molecular flexibility index (Phi) is 4.27. The van der Waals surface area contributed by atoms with Crippen molar-refractivity contribution < 1.29 is 19.4 Å². The molecule has 0 aliphatic carbocycles. The molecule has 5 nitrogen and oxygen atoms in total. The molecule has 2 rings (SSSR count). The predicted octanol–water partition coefficient (Wildman–Crippen LogP) is 2.08. The summed E-state index contributed by atoms with van der Waals surface area (Å²) in [6, 6.07) is 6.86. The minimum Gasteiger partial charge on any atom is -0.497 e. The SMILES string of the molecule is CCN1C(=O)CC[C@@H](C(=O)O)[C@@H]1c1cccc(OC)c1. The first-order valence-corrected chi connectivity index (χ1v) is 6.74. The molecule has 1 N–H and O–H groups in total. The highest BCUT2D eigenvalue weighted by molar-refractivity contribution is 5.81. The van der Waals surface area contributed by atoms with Crippen LogP contribution in [0.25, 0.3) is 0 Å². The van der Waals surface area contributed by atoms with E-state index in [9.17, 15) is 14.7 Å². The monoisotopic (exact) mass is 277 g/mol. The molecule has 1 aromatic rings. The number of benzene rings is 1. The molecule has 0 spiro atoms. The minimum absolute atomic E-state index is 0.0119. The second-order valence-corrected chi connectivity index (χ2v) is 4.88. The first-order valence-electron chi connectivity index (χ1n) is 6.74. The van der Waals surface area contributed by atoms with Crippen LogP contribution in [0.3, 0.4) is 0 Å². The summed E-state index contributed by atoms with van der Waals surface area (Å²) in [7, 11) is 1.57. The van der Waals surface area contributed by atoms with Crippen LogP contribution in [-0.2, 0) is 9.59 Å². The number of ether oxygens (including phenoxy) is 1. The molecule has 0 radical (unpaired) electrons. The number of likely N-dealkylation sites (tertiary alicyclic amines) is 1. The molecule has 1 aromatic carbocycles. The third kappa shape index (κ3) is 2.61. The number of rotatable bonds is 4. The first kappa shape index (κ1) is 14.4. The van der Waals surface area contributed by atoms with Crippen LogP contribution in [0, 0.1) is 5.92 Å². The number of hydrogen-bond donors (Lipinski definition) is 1. The van der Waals surface area contributed by atoms with Gasteiger partial charge in [0, 0.05) is 13.0 Å². The Morgan fingerprint density at radius 3 is 2.85 bits per heavy atom. The summed E-state index contributed by atoms with van der Waals surface area (Å²) in [6.07, 6.45) is 0.678. The van der Waals surface area contributed by atoms with Gasteiger partial charge < -0.3 is 14.7 Å².